The van der Waals surface area contributed by atoms with Crippen LogP contribution < -0.4 is 10.1 Å². The van der Waals surface area contributed by atoms with Gasteiger partial charge in [-0.15, -0.1) is 0 Å². The minimum Gasteiger partial charge on any atom is -0.491 e. The summed E-state index contributed by atoms with van der Waals surface area (Å²) in [6.07, 6.45) is -1.30. The lowest BCUT2D eigenvalue weighted by molar-refractivity contribution is -0.231. The third-order valence-corrected chi connectivity index (χ3v) is 7.42. The Balaban J connectivity index is 1.34. The predicted molar refractivity (Wildman–Crippen MR) is 135 cm³/mol. The molecule has 0 radical (unpaired) electrons. The van der Waals surface area contributed by atoms with Gasteiger partial charge in [0.25, 0.3) is 0 Å². The number of aliphatic hydroxyl groups is 5. The van der Waals surface area contributed by atoms with E-state index in [-0.39, 0.29) is 6.61 Å². The van der Waals surface area contributed by atoms with Gasteiger partial charge in [0.15, 0.2) is 0 Å². The zero-order valence-corrected chi connectivity index (χ0v) is 20.9. The van der Waals surface area contributed by atoms with Crippen LogP contribution in [0.5, 0.6) is 5.75 Å². The summed E-state index contributed by atoms with van der Waals surface area (Å²) in [5.74, 6) is 0.667. The first-order valence-electron chi connectivity index (χ1n) is 12.6. The Morgan fingerprint density at radius 3 is 2.42 bits per heavy atom. The summed E-state index contributed by atoms with van der Waals surface area (Å²) in [5, 5.41) is 54.2. The number of benzene rings is 2. The Bertz CT molecular complexity index is 967. The van der Waals surface area contributed by atoms with E-state index in [1.807, 2.05) is 24.3 Å². The molecule has 1 aliphatic heterocycles. The molecule has 2 aliphatic rings. The molecule has 0 unspecified atom stereocenters. The number of ether oxygens (including phenoxy) is 2. The van der Waals surface area contributed by atoms with Crippen molar-refractivity contribution in [2.45, 2.75) is 74.8 Å². The summed E-state index contributed by atoms with van der Waals surface area (Å²) in [5.41, 5.74) is 2.37. The van der Waals surface area contributed by atoms with Gasteiger partial charge in [-0.1, -0.05) is 48.7 Å². The van der Waals surface area contributed by atoms with Crippen molar-refractivity contribution in [1.29, 1.82) is 0 Å². The lowest BCUT2D eigenvalue weighted by Gasteiger charge is -2.40. The molecule has 0 spiro atoms. The molecule has 6 N–H and O–H groups in total. The predicted octanol–water partition coefficient (Wildman–Crippen LogP) is 1.72. The molecule has 0 bridgehead atoms. The zero-order valence-electron chi connectivity index (χ0n) is 20.2. The number of aliphatic hydroxyl groups excluding tert-OH is 5. The molecule has 2 fully saturated rings. The standard InChI is InChI=1S/C27H36ClNO7/c28-22-10-7-17(27-26(34)25(33)24(32)23(14-30)36-27)12-18(22)11-16-5-8-21(9-6-16)35-15-20(31)13-29-19-3-1-2-4-19/h5-10,12,19-20,23-27,29-34H,1-4,11,13-15H2/t20-,23+,24+,25-,26+,27-/m0/s1. The van der Waals surface area contributed by atoms with Gasteiger partial charge in [0, 0.05) is 17.6 Å². The SMILES string of the molecule is OC[C@H]1O[C@@H](c2ccc(Cl)c(Cc3ccc(OC[C@@H](O)CNC4CCCC4)cc3)c2)[C@H](O)[C@@H](O)[C@@H]1O. The Kier molecular flexibility index (Phi) is 9.60. The Morgan fingerprint density at radius 2 is 1.72 bits per heavy atom. The van der Waals surface area contributed by atoms with E-state index >= 15 is 0 Å². The van der Waals surface area contributed by atoms with Gasteiger partial charge in [-0.3, -0.25) is 0 Å². The molecule has 1 heterocycles. The molecule has 2 aromatic rings. The second-order valence-electron chi connectivity index (χ2n) is 9.78. The summed E-state index contributed by atoms with van der Waals surface area (Å²) < 4.78 is 11.4. The molecule has 198 valence electrons. The van der Waals surface area contributed by atoms with Gasteiger partial charge in [-0.25, -0.2) is 0 Å². The van der Waals surface area contributed by atoms with Crippen molar-refractivity contribution in [3.63, 3.8) is 0 Å². The molecule has 1 saturated heterocycles. The van der Waals surface area contributed by atoms with Crippen molar-refractivity contribution in [2.75, 3.05) is 19.8 Å². The van der Waals surface area contributed by atoms with Gasteiger partial charge < -0.3 is 40.3 Å². The largest absolute Gasteiger partial charge is 0.491 e. The second kappa shape index (κ2) is 12.7. The molecule has 1 aliphatic carbocycles. The third kappa shape index (κ3) is 6.76. The van der Waals surface area contributed by atoms with Crippen LogP contribution in [0.1, 0.15) is 48.5 Å². The minimum absolute atomic E-state index is 0.214. The number of halogens is 1. The van der Waals surface area contributed by atoms with Crippen molar-refractivity contribution in [3.8, 4) is 5.75 Å². The smallest absolute Gasteiger partial charge is 0.119 e. The van der Waals surface area contributed by atoms with Crippen molar-refractivity contribution in [2.24, 2.45) is 0 Å². The van der Waals surface area contributed by atoms with Gasteiger partial charge in [-0.2, -0.15) is 0 Å². The molecular weight excluding hydrogens is 486 g/mol. The number of hydrogen-bond acceptors (Lipinski definition) is 8. The van der Waals surface area contributed by atoms with Gasteiger partial charge in [0.05, 0.1) is 6.61 Å². The highest BCUT2D eigenvalue weighted by Gasteiger charge is 2.44. The highest BCUT2D eigenvalue weighted by molar-refractivity contribution is 6.31. The van der Waals surface area contributed by atoms with E-state index in [1.165, 1.54) is 25.7 Å². The first kappa shape index (κ1) is 27.3. The van der Waals surface area contributed by atoms with E-state index in [0.717, 1.165) is 11.1 Å². The Morgan fingerprint density at radius 1 is 1.00 bits per heavy atom. The lowest BCUT2D eigenvalue weighted by Crippen LogP contribution is -2.55. The second-order valence-corrected chi connectivity index (χ2v) is 10.2. The highest BCUT2D eigenvalue weighted by Crippen LogP contribution is 2.34. The fourth-order valence-corrected chi connectivity index (χ4v) is 5.08. The fraction of sp³-hybridized carbons (Fsp3) is 0.556. The maximum Gasteiger partial charge on any atom is 0.119 e. The van der Waals surface area contributed by atoms with Crippen LogP contribution in [0.4, 0.5) is 0 Å². The molecule has 2 aromatic carbocycles. The third-order valence-electron chi connectivity index (χ3n) is 7.05. The van der Waals surface area contributed by atoms with E-state index < -0.39 is 43.2 Å². The fourth-order valence-electron chi connectivity index (χ4n) is 4.89. The molecule has 1 saturated carbocycles. The number of rotatable bonds is 10. The average molecular weight is 522 g/mol. The van der Waals surface area contributed by atoms with E-state index in [0.29, 0.717) is 35.3 Å². The Labute approximate surface area is 216 Å². The van der Waals surface area contributed by atoms with Gasteiger partial charge in [0.2, 0.25) is 0 Å². The molecule has 9 heteroatoms. The van der Waals surface area contributed by atoms with E-state index in [4.69, 9.17) is 21.1 Å². The van der Waals surface area contributed by atoms with Crippen molar-refractivity contribution in [3.05, 3.63) is 64.2 Å². The Hall–Kier alpha value is -1.75. The van der Waals surface area contributed by atoms with Crippen molar-refractivity contribution >= 4 is 11.6 Å². The maximum absolute atomic E-state index is 10.4. The van der Waals surface area contributed by atoms with Gasteiger partial charge in [0.1, 0.15) is 49.0 Å². The quantitative estimate of drug-likeness (QED) is 0.278. The van der Waals surface area contributed by atoms with E-state index in [2.05, 4.69) is 5.32 Å². The van der Waals surface area contributed by atoms with Crippen LogP contribution in [0.15, 0.2) is 42.5 Å². The zero-order chi connectivity index (χ0) is 25.7. The molecule has 36 heavy (non-hydrogen) atoms. The van der Waals surface area contributed by atoms with Gasteiger partial charge >= 0.3 is 0 Å². The summed E-state index contributed by atoms with van der Waals surface area (Å²) in [7, 11) is 0. The highest BCUT2D eigenvalue weighted by atomic mass is 35.5. The molecule has 8 nitrogen and oxygen atoms in total. The molecule has 6 atom stereocenters. The van der Waals surface area contributed by atoms with Crippen LogP contribution in [-0.4, -0.2) is 81.9 Å². The first-order valence-corrected chi connectivity index (χ1v) is 13.0. The topological polar surface area (TPSA) is 132 Å². The van der Waals surface area contributed by atoms with Crippen molar-refractivity contribution in [1.82, 2.24) is 5.32 Å². The normalized spacial score (nSPS) is 27.8. The summed E-state index contributed by atoms with van der Waals surface area (Å²) in [6, 6.07) is 13.3. The summed E-state index contributed by atoms with van der Waals surface area (Å²) >= 11 is 6.43. The van der Waals surface area contributed by atoms with E-state index in [1.54, 1.807) is 18.2 Å². The minimum atomic E-state index is -1.44. The number of nitrogens with one attached hydrogen (secondary N) is 1. The molecule has 0 aromatic heterocycles. The van der Waals surface area contributed by atoms with Crippen LogP contribution in [0.3, 0.4) is 0 Å². The van der Waals surface area contributed by atoms with Crippen LogP contribution >= 0.6 is 11.6 Å². The van der Waals surface area contributed by atoms with Crippen molar-refractivity contribution < 1.29 is 35.0 Å². The molecule has 0 amide bonds. The maximum atomic E-state index is 10.4. The van der Waals surface area contributed by atoms with Crippen LogP contribution in [0, 0.1) is 0 Å². The van der Waals surface area contributed by atoms with Crippen LogP contribution in [-0.2, 0) is 11.2 Å². The average Bonchev–Trinajstić information content (AvgIpc) is 3.41. The molecular formula is C27H36ClNO7. The summed E-state index contributed by atoms with van der Waals surface area (Å²) in [6.45, 7) is 0.252. The van der Waals surface area contributed by atoms with Crippen LogP contribution in [0.25, 0.3) is 0 Å². The van der Waals surface area contributed by atoms with E-state index in [9.17, 15) is 25.5 Å². The number of hydrogen-bond donors (Lipinski definition) is 6. The first-order chi connectivity index (χ1) is 17.4. The summed E-state index contributed by atoms with van der Waals surface area (Å²) in [4.78, 5) is 0. The molecule has 4 rings (SSSR count). The monoisotopic (exact) mass is 521 g/mol. The van der Waals surface area contributed by atoms with Gasteiger partial charge in [-0.05, 0) is 54.2 Å². The van der Waals surface area contributed by atoms with Crippen LogP contribution in [0.2, 0.25) is 5.02 Å². The lowest BCUT2D eigenvalue weighted by atomic mass is 9.90.